The molecule has 7 heteroatoms. The van der Waals surface area contributed by atoms with Gasteiger partial charge in [0.25, 0.3) is 0 Å². The van der Waals surface area contributed by atoms with E-state index < -0.39 is 12.0 Å². The maximum Gasteiger partial charge on any atom is 0.303 e. The van der Waals surface area contributed by atoms with Gasteiger partial charge in [0.1, 0.15) is 0 Å². The van der Waals surface area contributed by atoms with Gasteiger partial charge in [-0.05, 0) is 33.8 Å². The first-order valence-electron chi connectivity index (χ1n) is 4.97. The fourth-order valence-electron chi connectivity index (χ4n) is 1.16. The second kappa shape index (κ2) is 6.73. The van der Waals surface area contributed by atoms with Gasteiger partial charge in [-0.2, -0.15) is 0 Å². The van der Waals surface area contributed by atoms with Gasteiger partial charge in [-0.25, -0.2) is 0 Å². The van der Waals surface area contributed by atoms with E-state index in [-0.39, 0.29) is 18.7 Å². The average molecular weight is 321 g/mol. The summed E-state index contributed by atoms with van der Waals surface area (Å²) in [5, 5.41) is 13.1. The number of hydrogen-bond acceptors (Lipinski definition) is 4. The molecule has 1 unspecified atom stereocenters. The van der Waals surface area contributed by atoms with Gasteiger partial charge < -0.3 is 16.2 Å². The molecular weight excluding hydrogens is 308 g/mol. The van der Waals surface area contributed by atoms with Gasteiger partial charge >= 0.3 is 5.97 Å². The minimum atomic E-state index is -0.950. The largest absolute Gasteiger partial charge is 0.481 e. The van der Waals surface area contributed by atoms with Crippen LogP contribution in [0.15, 0.2) is 15.9 Å². The summed E-state index contributed by atoms with van der Waals surface area (Å²) in [7, 11) is 0. The molecule has 0 saturated carbocycles. The molecule has 0 aliphatic carbocycles. The van der Waals surface area contributed by atoms with Crippen molar-refractivity contribution in [3.8, 4) is 0 Å². The first kappa shape index (κ1) is 14.1. The predicted molar refractivity (Wildman–Crippen MR) is 68.7 cm³/mol. The second-order valence-corrected chi connectivity index (χ2v) is 5.30. The number of rotatable bonds is 6. The Bertz CT molecular complexity index is 408. The summed E-state index contributed by atoms with van der Waals surface area (Å²) in [6.07, 6.45) is 0.0457. The molecule has 4 N–H and O–H groups in total. The Morgan fingerprint density at radius 2 is 2.29 bits per heavy atom. The highest BCUT2D eigenvalue weighted by Gasteiger charge is 2.14. The molecule has 1 amide bonds. The summed E-state index contributed by atoms with van der Waals surface area (Å²) < 4.78 is 0.946. The third kappa shape index (κ3) is 4.84. The van der Waals surface area contributed by atoms with Crippen molar-refractivity contribution >= 4 is 39.1 Å². The van der Waals surface area contributed by atoms with Crippen molar-refractivity contribution < 1.29 is 14.7 Å². The maximum absolute atomic E-state index is 11.5. The minimum Gasteiger partial charge on any atom is -0.481 e. The summed E-state index contributed by atoms with van der Waals surface area (Å²) in [5.41, 5.74) is 5.56. The lowest BCUT2D eigenvalue weighted by Crippen LogP contribution is -2.40. The Morgan fingerprint density at radius 1 is 1.59 bits per heavy atom. The number of carbonyl (C=O) groups is 2. The third-order valence-corrected chi connectivity index (χ3v) is 4.05. The van der Waals surface area contributed by atoms with E-state index in [1.807, 2.05) is 11.4 Å². The normalized spacial score (nSPS) is 12.1. The summed E-state index contributed by atoms with van der Waals surface area (Å²) in [5.74, 6) is -1.28. The Balaban J connectivity index is 2.34. The summed E-state index contributed by atoms with van der Waals surface area (Å²) in [6.45, 7) is 0.401. The van der Waals surface area contributed by atoms with Crippen molar-refractivity contribution in [1.29, 1.82) is 0 Å². The number of halogens is 1. The van der Waals surface area contributed by atoms with E-state index in [1.165, 1.54) is 11.3 Å². The van der Waals surface area contributed by atoms with Gasteiger partial charge in [0.2, 0.25) is 5.91 Å². The lowest BCUT2D eigenvalue weighted by molar-refractivity contribution is -0.137. The quantitative estimate of drug-likeness (QED) is 0.737. The van der Waals surface area contributed by atoms with Crippen molar-refractivity contribution in [2.24, 2.45) is 5.73 Å². The molecule has 0 spiro atoms. The number of carboxylic acid groups (broad SMARTS) is 1. The fraction of sp³-hybridized carbons (Fsp3) is 0.400. The fourth-order valence-corrected chi connectivity index (χ4v) is 2.59. The number of hydrogen-bond donors (Lipinski definition) is 3. The zero-order valence-electron chi connectivity index (χ0n) is 8.98. The molecule has 1 atom stereocenters. The van der Waals surface area contributed by atoms with Crippen LogP contribution < -0.4 is 11.1 Å². The van der Waals surface area contributed by atoms with Crippen LogP contribution in [0.3, 0.4) is 0 Å². The van der Waals surface area contributed by atoms with E-state index in [0.717, 1.165) is 9.35 Å². The Labute approximate surface area is 111 Å². The van der Waals surface area contributed by atoms with Crippen LogP contribution in [0.4, 0.5) is 0 Å². The SMILES string of the molecule is NC(CCC(=O)O)C(=O)NCc1sccc1Br. The molecule has 1 heterocycles. The second-order valence-electron chi connectivity index (χ2n) is 3.45. The number of carbonyl (C=O) groups excluding carboxylic acids is 1. The molecule has 0 radical (unpaired) electrons. The molecule has 0 saturated heterocycles. The molecule has 5 nitrogen and oxygen atoms in total. The van der Waals surface area contributed by atoms with Gasteiger partial charge in [-0.1, -0.05) is 0 Å². The van der Waals surface area contributed by atoms with Crippen LogP contribution in [0.25, 0.3) is 0 Å². The van der Waals surface area contributed by atoms with Crippen LogP contribution in [0.1, 0.15) is 17.7 Å². The number of nitrogens with two attached hydrogens (primary N) is 1. The molecule has 0 aliphatic rings. The van der Waals surface area contributed by atoms with Crippen LogP contribution in [0.2, 0.25) is 0 Å². The molecule has 0 aliphatic heterocycles. The predicted octanol–water partition coefficient (Wildman–Crippen LogP) is 1.32. The molecule has 0 fully saturated rings. The van der Waals surface area contributed by atoms with Gasteiger partial charge in [0, 0.05) is 15.8 Å². The zero-order chi connectivity index (χ0) is 12.8. The van der Waals surface area contributed by atoms with Gasteiger partial charge in [-0.3, -0.25) is 9.59 Å². The lowest BCUT2D eigenvalue weighted by atomic mass is 10.1. The standard InChI is InChI=1S/C10H13BrN2O3S/c11-6-3-4-17-8(6)5-13-10(16)7(12)1-2-9(14)15/h3-4,7H,1-2,5,12H2,(H,13,16)(H,14,15). The van der Waals surface area contributed by atoms with E-state index in [0.29, 0.717) is 6.54 Å². The number of thiophene rings is 1. The summed E-state index contributed by atoms with van der Waals surface area (Å²) in [4.78, 5) is 22.8. The Morgan fingerprint density at radius 3 is 2.82 bits per heavy atom. The van der Waals surface area contributed by atoms with Crippen molar-refractivity contribution in [3.05, 3.63) is 20.8 Å². The van der Waals surface area contributed by atoms with E-state index in [1.54, 1.807) is 0 Å². The molecule has 1 aromatic rings. The Kier molecular flexibility index (Phi) is 5.60. The minimum absolute atomic E-state index is 0.0999. The van der Waals surface area contributed by atoms with Gasteiger partial charge in [0.05, 0.1) is 12.6 Å². The number of amides is 1. The van der Waals surface area contributed by atoms with E-state index in [9.17, 15) is 9.59 Å². The lowest BCUT2D eigenvalue weighted by Gasteiger charge is -2.10. The number of carboxylic acids is 1. The third-order valence-electron chi connectivity index (χ3n) is 2.12. The first-order chi connectivity index (χ1) is 8.00. The molecular formula is C10H13BrN2O3S. The highest BCUT2D eigenvalue weighted by molar-refractivity contribution is 9.10. The maximum atomic E-state index is 11.5. The highest BCUT2D eigenvalue weighted by Crippen LogP contribution is 2.22. The monoisotopic (exact) mass is 320 g/mol. The van der Waals surface area contributed by atoms with E-state index in [4.69, 9.17) is 10.8 Å². The average Bonchev–Trinajstić information content (AvgIpc) is 2.68. The smallest absolute Gasteiger partial charge is 0.303 e. The van der Waals surface area contributed by atoms with Crippen LogP contribution in [0.5, 0.6) is 0 Å². The van der Waals surface area contributed by atoms with Crippen molar-refractivity contribution in [3.63, 3.8) is 0 Å². The zero-order valence-corrected chi connectivity index (χ0v) is 11.4. The van der Waals surface area contributed by atoms with E-state index in [2.05, 4.69) is 21.2 Å². The molecule has 94 valence electrons. The van der Waals surface area contributed by atoms with Crippen LogP contribution in [0, 0.1) is 0 Å². The Hall–Kier alpha value is -0.920. The summed E-state index contributed by atoms with van der Waals surface area (Å²) in [6, 6.07) is 1.13. The van der Waals surface area contributed by atoms with Crippen LogP contribution in [-0.2, 0) is 16.1 Å². The molecule has 1 aromatic heterocycles. The number of aliphatic carboxylic acids is 1. The van der Waals surface area contributed by atoms with Crippen molar-refractivity contribution in [1.82, 2.24) is 5.32 Å². The topological polar surface area (TPSA) is 92.4 Å². The first-order valence-corrected chi connectivity index (χ1v) is 6.65. The van der Waals surface area contributed by atoms with Gasteiger partial charge in [0.15, 0.2) is 0 Å². The summed E-state index contributed by atoms with van der Waals surface area (Å²) >= 11 is 4.88. The van der Waals surface area contributed by atoms with Gasteiger partial charge in [-0.15, -0.1) is 11.3 Å². The van der Waals surface area contributed by atoms with Crippen LogP contribution in [-0.4, -0.2) is 23.0 Å². The number of nitrogens with one attached hydrogen (secondary N) is 1. The van der Waals surface area contributed by atoms with Crippen molar-refractivity contribution in [2.75, 3.05) is 0 Å². The molecule has 0 bridgehead atoms. The molecule has 1 rings (SSSR count). The molecule has 17 heavy (non-hydrogen) atoms. The highest BCUT2D eigenvalue weighted by atomic mass is 79.9. The van der Waals surface area contributed by atoms with Crippen molar-refractivity contribution in [2.45, 2.75) is 25.4 Å². The van der Waals surface area contributed by atoms with E-state index >= 15 is 0 Å². The molecule has 0 aromatic carbocycles. The van der Waals surface area contributed by atoms with Crippen LogP contribution >= 0.6 is 27.3 Å².